The summed E-state index contributed by atoms with van der Waals surface area (Å²) in [6.07, 6.45) is 2.34. The largest absolute Gasteiger partial charge is 0.226 e. The van der Waals surface area contributed by atoms with E-state index >= 15 is 0 Å². The highest BCUT2D eigenvalue weighted by Gasteiger charge is 2.27. The molecule has 0 N–H and O–H groups in total. The van der Waals surface area contributed by atoms with E-state index in [4.69, 9.17) is 23.2 Å². The molecule has 0 bridgehead atoms. The Bertz CT molecular complexity index is 568. The highest BCUT2D eigenvalue weighted by Crippen LogP contribution is 2.39. The summed E-state index contributed by atoms with van der Waals surface area (Å²) in [5, 5.41) is 2.14. The monoisotopic (exact) mass is 296 g/mol. The van der Waals surface area contributed by atoms with Gasteiger partial charge in [-0.15, -0.1) is 0 Å². The zero-order valence-electron chi connectivity index (χ0n) is 9.44. The standard InChI is InChI=1S/C13H10Cl2N2S/c14-9-3-5-10(6-4-9)18-12-7-11(15)16-13(17-12)8-1-2-8/h3-8H,1-2H2. The normalized spacial score (nSPS) is 14.8. The summed E-state index contributed by atoms with van der Waals surface area (Å²) in [7, 11) is 0. The van der Waals surface area contributed by atoms with Gasteiger partial charge in [0.1, 0.15) is 16.0 Å². The van der Waals surface area contributed by atoms with Crippen LogP contribution in [0, 0.1) is 0 Å². The fourth-order valence-electron chi connectivity index (χ4n) is 1.61. The Balaban J connectivity index is 1.85. The molecule has 0 amide bonds. The zero-order chi connectivity index (χ0) is 12.5. The van der Waals surface area contributed by atoms with Crippen molar-refractivity contribution in [1.82, 2.24) is 9.97 Å². The third-order valence-corrected chi connectivity index (χ3v) is 4.04. The third-order valence-electron chi connectivity index (χ3n) is 2.67. The van der Waals surface area contributed by atoms with E-state index in [1.54, 1.807) is 17.8 Å². The molecule has 1 fully saturated rings. The maximum Gasteiger partial charge on any atom is 0.134 e. The minimum Gasteiger partial charge on any atom is -0.226 e. The van der Waals surface area contributed by atoms with Crippen molar-refractivity contribution in [2.24, 2.45) is 0 Å². The number of aromatic nitrogens is 2. The number of benzene rings is 1. The maximum atomic E-state index is 6.03. The van der Waals surface area contributed by atoms with Crippen molar-refractivity contribution in [3.63, 3.8) is 0 Å². The van der Waals surface area contributed by atoms with Gasteiger partial charge >= 0.3 is 0 Å². The van der Waals surface area contributed by atoms with Crippen molar-refractivity contribution < 1.29 is 0 Å². The van der Waals surface area contributed by atoms with Crippen molar-refractivity contribution >= 4 is 35.0 Å². The van der Waals surface area contributed by atoms with E-state index in [1.807, 2.05) is 24.3 Å². The van der Waals surface area contributed by atoms with Gasteiger partial charge in [0.05, 0.1) is 0 Å². The number of hydrogen-bond acceptors (Lipinski definition) is 3. The highest BCUT2D eigenvalue weighted by atomic mass is 35.5. The van der Waals surface area contributed by atoms with Gasteiger partial charge in [-0.1, -0.05) is 35.0 Å². The Morgan fingerprint density at radius 2 is 1.78 bits per heavy atom. The van der Waals surface area contributed by atoms with Crippen molar-refractivity contribution in [3.8, 4) is 0 Å². The summed E-state index contributed by atoms with van der Waals surface area (Å²) in [4.78, 5) is 9.91. The van der Waals surface area contributed by atoms with Crippen LogP contribution >= 0.6 is 35.0 Å². The average molecular weight is 297 g/mol. The van der Waals surface area contributed by atoms with Crippen molar-refractivity contribution in [2.75, 3.05) is 0 Å². The number of nitrogens with zero attached hydrogens (tertiary/aromatic N) is 2. The first kappa shape index (κ1) is 12.3. The lowest BCUT2D eigenvalue weighted by Gasteiger charge is -2.04. The molecule has 1 aromatic carbocycles. The summed E-state index contributed by atoms with van der Waals surface area (Å²) >= 11 is 13.5. The van der Waals surface area contributed by atoms with Gasteiger partial charge in [-0.05, 0) is 37.1 Å². The van der Waals surface area contributed by atoms with Crippen LogP contribution in [0.25, 0.3) is 0 Å². The fourth-order valence-corrected chi connectivity index (χ4v) is 2.82. The molecule has 0 atom stereocenters. The molecule has 0 aliphatic heterocycles. The molecule has 92 valence electrons. The molecular formula is C13H10Cl2N2S. The molecule has 1 aliphatic rings. The van der Waals surface area contributed by atoms with Crippen LogP contribution in [0.5, 0.6) is 0 Å². The smallest absolute Gasteiger partial charge is 0.134 e. The van der Waals surface area contributed by atoms with Crippen LogP contribution < -0.4 is 0 Å². The molecule has 2 aromatic rings. The second-order valence-corrected chi connectivity index (χ2v) is 6.13. The van der Waals surface area contributed by atoms with Crippen LogP contribution in [-0.2, 0) is 0 Å². The highest BCUT2D eigenvalue weighted by molar-refractivity contribution is 7.99. The van der Waals surface area contributed by atoms with Crippen LogP contribution in [0.3, 0.4) is 0 Å². The number of hydrogen-bond donors (Lipinski definition) is 0. The lowest BCUT2D eigenvalue weighted by Crippen LogP contribution is -1.94. The second kappa shape index (κ2) is 5.08. The van der Waals surface area contributed by atoms with Gasteiger partial charge in [0.25, 0.3) is 0 Å². The third kappa shape index (κ3) is 2.97. The van der Waals surface area contributed by atoms with Crippen molar-refractivity contribution in [2.45, 2.75) is 28.7 Å². The summed E-state index contributed by atoms with van der Waals surface area (Å²) in [6.45, 7) is 0. The molecule has 0 saturated heterocycles. The van der Waals surface area contributed by atoms with E-state index in [0.29, 0.717) is 11.1 Å². The van der Waals surface area contributed by atoms with Gasteiger partial charge in [-0.2, -0.15) is 0 Å². The molecule has 5 heteroatoms. The molecule has 1 aromatic heterocycles. The predicted octanol–water partition coefficient (Wildman–Crippen LogP) is 4.81. The van der Waals surface area contributed by atoms with E-state index in [9.17, 15) is 0 Å². The zero-order valence-corrected chi connectivity index (χ0v) is 11.8. The first-order chi connectivity index (χ1) is 8.70. The molecule has 1 aliphatic carbocycles. The number of rotatable bonds is 3. The second-order valence-electron chi connectivity index (χ2n) is 4.22. The van der Waals surface area contributed by atoms with Crippen LogP contribution in [0.2, 0.25) is 10.2 Å². The molecule has 2 nitrogen and oxygen atoms in total. The first-order valence-electron chi connectivity index (χ1n) is 5.68. The molecule has 18 heavy (non-hydrogen) atoms. The van der Waals surface area contributed by atoms with Gasteiger partial charge in [0.15, 0.2) is 0 Å². The van der Waals surface area contributed by atoms with Crippen LogP contribution in [-0.4, -0.2) is 9.97 Å². The Morgan fingerprint density at radius 1 is 1.06 bits per heavy atom. The molecule has 0 spiro atoms. The van der Waals surface area contributed by atoms with E-state index in [-0.39, 0.29) is 0 Å². The van der Waals surface area contributed by atoms with E-state index < -0.39 is 0 Å². The molecule has 0 radical (unpaired) electrons. The summed E-state index contributed by atoms with van der Waals surface area (Å²) in [6, 6.07) is 9.48. The SMILES string of the molecule is Clc1ccc(Sc2cc(Cl)nc(C3CC3)n2)cc1. The Labute approximate surface area is 120 Å². The lowest BCUT2D eigenvalue weighted by molar-refractivity contribution is 0.878. The van der Waals surface area contributed by atoms with Crippen molar-refractivity contribution in [3.05, 3.63) is 46.3 Å². The lowest BCUT2D eigenvalue weighted by atomic mass is 10.4. The van der Waals surface area contributed by atoms with Crippen LogP contribution in [0.4, 0.5) is 0 Å². The average Bonchev–Trinajstić information content (AvgIpc) is 3.15. The van der Waals surface area contributed by atoms with Gasteiger partial charge in [0, 0.05) is 21.9 Å². The fraction of sp³-hybridized carbons (Fsp3) is 0.231. The van der Waals surface area contributed by atoms with Gasteiger partial charge in [-0.25, -0.2) is 9.97 Å². The van der Waals surface area contributed by atoms with Gasteiger partial charge in [0.2, 0.25) is 0 Å². The van der Waals surface area contributed by atoms with Gasteiger partial charge < -0.3 is 0 Å². The molecular weight excluding hydrogens is 287 g/mol. The minimum atomic E-state index is 0.508. The van der Waals surface area contributed by atoms with E-state index in [0.717, 1.165) is 20.8 Å². The Hall–Kier alpha value is -0.770. The van der Waals surface area contributed by atoms with Crippen LogP contribution in [0.15, 0.2) is 40.3 Å². The van der Waals surface area contributed by atoms with Crippen LogP contribution in [0.1, 0.15) is 24.6 Å². The quantitative estimate of drug-likeness (QED) is 0.760. The summed E-state index contributed by atoms with van der Waals surface area (Å²) < 4.78 is 0. The topological polar surface area (TPSA) is 25.8 Å². The maximum absolute atomic E-state index is 6.03. The summed E-state index contributed by atoms with van der Waals surface area (Å²) in [5.41, 5.74) is 0. The molecule has 3 rings (SSSR count). The molecule has 0 unspecified atom stereocenters. The summed E-state index contributed by atoms with van der Waals surface area (Å²) in [5.74, 6) is 1.38. The first-order valence-corrected chi connectivity index (χ1v) is 7.26. The molecule has 1 saturated carbocycles. The minimum absolute atomic E-state index is 0.508. The van der Waals surface area contributed by atoms with E-state index in [2.05, 4.69) is 9.97 Å². The Kier molecular flexibility index (Phi) is 3.46. The Morgan fingerprint density at radius 3 is 2.44 bits per heavy atom. The predicted molar refractivity (Wildman–Crippen MR) is 74.6 cm³/mol. The molecule has 1 heterocycles. The van der Waals surface area contributed by atoms with E-state index in [1.165, 1.54) is 12.8 Å². The van der Waals surface area contributed by atoms with Gasteiger partial charge in [-0.3, -0.25) is 0 Å². The number of halogens is 2. The van der Waals surface area contributed by atoms with Crippen molar-refractivity contribution in [1.29, 1.82) is 0 Å².